The SMILES string of the molecule is Cc1c([C@H]2OCC[C@@H]2NC(=O)Nc2ccc(OC3CCCC3)nc2)cnn1C. The molecule has 2 amide bonds. The number of carbonyl (C=O) groups is 1. The Bertz CT molecular complexity index is 814. The molecule has 0 radical (unpaired) electrons. The summed E-state index contributed by atoms with van der Waals surface area (Å²) in [5, 5.41) is 10.1. The number of hydrogen-bond donors (Lipinski definition) is 2. The number of ether oxygens (including phenoxy) is 2. The van der Waals surface area contributed by atoms with Gasteiger partial charge in [0.2, 0.25) is 5.88 Å². The van der Waals surface area contributed by atoms with Crippen LogP contribution in [0.25, 0.3) is 0 Å². The monoisotopic (exact) mass is 385 g/mol. The summed E-state index contributed by atoms with van der Waals surface area (Å²) in [7, 11) is 1.90. The first-order valence-electron chi connectivity index (χ1n) is 9.90. The lowest BCUT2D eigenvalue weighted by atomic mass is 10.0. The van der Waals surface area contributed by atoms with Gasteiger partial charge in [0.25, 0.3) is 0 Å². The predicted molar refractivity (Wildman–Crippen MR) is 104 cm³/mol. The van der Waals surface area contributed by atoms with Crippen LogP contribution in [0.2, 0.25) is 0 Å². The van der Waals surface area contributed by atoms with Gasteiger partial charge in [0, 0.05) is 31.0 Å². The zero-order valence-corrected chi connectivity index (χ0v) is 16.4. The average Bonchev–Trinajstić information content (AvgIpc) is 3.41. The third-order valence-electron chi connectivity index (χ3n) is 5.57. The normalized spacial score (nSPS) is 22.4. The van der Waals surface area contributed by atoms with E-state index in [0.717, 1.165) is 30.5 Å². The highest BCUT2D eigenvalue weighted by atomic mass is 16.5. The Morgan fingerprint density at radius 2 is 2.07 bits per heavy atom. The second-order valence-electron chi connectivity index (χ2n) is 7.50. The number of urea groups is 1. The first-order chi connectivity index (χ1) is 13.6. The topological polar surface area (TPSA) is 90.3 Å². The van der Waals surface area contributed by atoms with Gasteiger partial charge in [0.1, 0.15) is 12.2 Å². The number of pyridine rings is 1. The van der Waals surface area contributed by atoms with Gasteiger partial charge in [-0.15, -0.1) is 0 Å². The van der Waals surface area contributed by atoms with Gasteiger partial charge in [-0.1, -0.05) is 0 Å². The van der Waals surface area contributed by atoms with Crippen molar-refractivity contribution in [2.24, 2.45) is 7.05 Å². The minimum atomic E-state index is -0.270. The molecular weight excluding hydrogens is 358 g/mol. The predicted octanol–water partition coefficient (Wildman–Crippen LogP) is 3.10. The number of nitrogens with one attached hydrogen (secondary N) is 2. The van der Waals surface area contributed by atoms with Gasteiger partial charge in [0.05, 0.1) is 24.1 Å². The van der Waals surface area contributed by atoms with Crippen molar-refractivity contribution >= 4 is 11.7 Å². The number of aromatic nitrogens is 3. The molecule has 2 N–H and O–H groups in total. The maximum absolute atomic E-state index is 12.4. The number of rotatable bonds is 5. The minimum absolute atomic E-state index is 0.0965. The van der Waals surface area contributed by atoms with Crippen LogP contribution in [0.3, 0.4) is 0 Å². The molecule has 150 valence electrons. The van der Waals surface area contributed by atoms with Crippen molar-refractivity contribution < 1.29 is 14.3 Å². The molecule has 28 heavy (non-hydrogen) atoms. The Hall–Kier alpha value is -2.61. The van der Waals surface area contributed by atoms with Gasteiger partial charge in [-0.3, -0.25) is 4.68 Å². The first-order valence-corrected chi connectivity index (χ1v) is 9.90. The molecule has 8 nitrogen and oxygen atoms in total. The summed E-state index contributed by atoms with van der Waals surface area (Å²) in [6.07, 6.45) is 8.89. The van der Waals surface area contributed by atoms with Gasteiger partial charge in [-0.25, -0.2) is 9.78 Å². The number of aryl methyl sites for hydroxylation is 1. The smallest absolute Gasteiger partial charge is 0.319 e. The van der Waals surface area contributed by atoms with Crippen molar-refractivity contribution in [2.75, 3.05) is 11.9 Å². The Labute approximate surface area is 164 Å². The highest BCUT2D eigenvalue weighted by Crippen LogP contribution is 2.31. The molecule has 0 bridgehead atoms. The number of nitrogens with zero attached hydrogens (tertiary/aromatic N) is 3. The summed E-state index contributed by atoms with van der Waals surface area (Å²) < 4.78 is 13.5. The first kappa shape index (κ1) is 18.7. The summed E-state index contributed by atoms with van der Waals surface area (Å²) >= 11 is 0. The fourth-order valence-electron chi connectivity index (χ4n) is 3.88. The average molecular weight is 385 g/mol. The van der Waals surface area contributed by atoms with Crippen LogP contribution in [-0.4, -0.2) is 39.5 Å². The molecule has 0 aromatic carbocycles. The Morgan fingerprint density at radius 3 is 2.75 bits per heavy atom. The van der Waals surface area contributed by atoms with Crippen molar-refractivity contribution in [3.05, 3.63) is 35.8 Å². The second kappa shape index (κ2) is 8.18. The molecule has 2 atom stereocenters. The van der Waals surface area contributed by atoms with Gasteiger partial charge >= 0.3 is 6.03 Å². The quantitative estimate of drug-likeness (QED) is 0.825. The summed E-state index contributed by atoms with van der Waals surface area (Å²) in [5.74, 6) is 0.606. The van der Waals surface area contributed by atoms with E-state index < -0.39 is 0 Å². The van der Waals surface area contributed by atoms with Crippen molar-refractivity contribution in [1.29, 1.82) is 0 Å². The second-order valence-corrected chi connectivity index (χ2v) is 7.50. The molecule has 2 aromatic rings. The molecular formula is C20H27N5O3. The Kier molecular flexibility index (Phi) is 5.47. The van der Waals surface area contributed by atoms with E-state index >= 15 is 0 Å². The van der Waals surface area contributed by atoms with Gasteiger partial charge in [-0.05, 0) is 45.1 Å². The largest absolute Gasteiger partial charge is 0.474 e. The molecule has 1 aliphatic heterocycles. The Balaban J connectivity index is 1.32. The number of anilines is 1. The van der Waals surface area contributed by atoms with Gasteiger partial charge in [-0.2, -0.15) is 5.10 Å². The lowest BCUT2D eigenvalue weighted by Crippen LogP contribution is -2.39. The molecule has 2 aliphatic rings. The fraction of sp³-hybridized carbons (Fsp3) is 0.550. The molecule has 1 aliphatic carbocycles. The lowest BCUT2D eigenvalue weighted by molar-refractivity contribution is 0.0998. The van der Waals surface area contributed by atoms with E-state index in [0.29, 0.717) is 18.2 Å². The summed E-state index contributed by atoms with van der Waals surface area (Å²) in [6, 6.07) is 3.24. The summed E-state index contributed by atoms with van der Waals surface area (Å²) in [5.41, 5.74) is 2.69. The molecule has 0 unspecified atom stereocenters. The molecule has 8 heteroatoms. The zero-order chi connectivity index (χ0) is 19.5. The van der Waals surface area contributed by atoms with Crippen LogP contribution in [0.1, 0.15) is 49.5 Å². The van der Waals surface area contributed by atoms with Crippen LogP contribution < -0.4 is 15.4 Å². The van der Waals surface area contributed by atoms with E-state index in [1.807, 2.05) is 30.9 Å². The van der Waals surface area contributed by atoms with Crippen molar-refractivity contribution in [3.8, 4) is 5.88 Å². The maximum atomic E-state index is 12.4. The molecule has 0 spiro atoms. The lowest BCUT2D eigenvalue weighted by Gasteiger charge is -2.20. The fourth-order valence-corrected chi connectivity index (χ4v) is 3.88. The highest BCUT2D eigenvalue weighted by molar-refractivity contribution is 5.89. The van der Waals surface area contributed by atoms with Crippen LogP contribution in [0.5, 0.6) is 5.88 Å². The van der Waals surface area contributed by atoms with E-state index in [1.54, 1.807) is 12.3 Å². The molecule has 3 heterocycles. The molecule has 1 saturated heterocycles. The number of amides is 2. The van der Waals surface area contributed by atoms with Gasteiger partial charge < -0.3 is 20.1 Å². The molecule has 4 rings (SSSR count). The van der Waals surface area contributed by atoms with E-state index in [-0.39, 0.29) is 24.3 Å². The third kappa shape index (κ3) is 4.11. The van der Waals surface area contributed by atoms with Crippen molar-refractivity contribution in [2.45, 2.75) is 57.3 Å². The maximum Gasteiger partial charge on any atom is 0.319 e. The summed E-state index contributed by atoms with van der Waals surface area (Å²) in [6.45, 7) is 2.61. The van der Waals surface area contributed by atoms with E-state index in [9.17, 15) is 4.79 Å². The van der Waals surface area contributed by atoms with Crippen molar-refractivity contribution in [1.82, 2.24) is 20.1 Å². The zero-order valence-electron chi connectivity index (χ0n) is 16.4. The van der Waals surface area contributed by atoms with Crippen LogP contribution >= 0.6 is 0 Å². The third-order valence-corrected chi connectivity index (χ3v) is 5.57. The van der Waals surface area contributed by atoms with E-state index in [1.165, 1.54) is 12.8 Å². The van der Waals surface area contributed by atoms with Gasteiger partial charge in [0.15, 0.2) is 0 Å². The van der Waals surface area contributed by atoms with E-state index in [4.69, 9.17) is 9.47 Å². The van der Waals surface area contributed by atoms with Crippen LogP contribution in [-0.2, 0) is 11.8 Å². The molecule has 1 saturated carbocycles. The van der Waals surface area contributed by atoms with E-state index in [2.05, 4.69) is 20.7 Å². The molecule has 2 fully saturated rings. The Morgan fingerprint density at radius 1 is 1.25 bits per heavy atom. The van der Waals surface area contributed by atoms with Crippen LogP contribution in [0.15, 0.2) is 24.5 Å². The minimum Gasteiger partial charge on any atom is -0.474 e. The molecule has 2 aromatic heterocycles. The number of hydrogen-bond acceptors (Lipinski definition) is 5. The number of carbonyl (C=O) groups excluding carboxylic acids is 1. The standard InChI is InChI=1S/C20H27N5O3/c1-13-16(12-22-25(13)2)19-17(9-10-27-19)24-20(26)23-14-7-8-18(21-11-14)28-15-5-3-4-6-15/h7-8,11-12,15,17,19H,3-6,9-10H2,1-2H3,(H2,23,24,26)/t17-,19+/m0/s1. The highest BCUT2D eigenvalue weighted by Gasteiger charge is 2.33. The van der Waals surface area contributed by atoms with Crippen molar-refractivity contribution in [3.63, 3.8) is 0 Å². The summed E-state index contributed by atoms with van der Waals surface area (Å²) in [4.78, 5) is 16.7. The van der Waals surface area contributed by atoms with Crippen LogP contribution in [0.4, 0.5) is 10.5 Å². The van der Waals surface area contributed by atoms with Crippen LogP contribution in [0, 0.1) is 6.92 Å².